The van der Waals surface area contributed by atoms with Crippen LogP contribution in [0.1, 0.15) is 18.4 Å². The van der Waals surface area contributed by atoms with Crippen molar-refractivity contribution < 1.29 is 19.0 Å². The largest absolute Gasteiger partial charge is 0.493 e. The number of ether oxygens (including phenoxy) is 3. The Labute approximate surface area is 165 Å². The van der Waals surface area contributed by atoms with Gasteiger partial charge in [-0.25, -0.2) is 4.98 Å². The molecule has 0 bridgehead atoms. The van der Waals surface area contributed by atoms with Gasteiger partial charge in [0, 0.05) is 25.7 Å². The summed E-state index contributed by atoms with van der Waals surface area (Å²) in [5, 5.41) is 6.22. The highest BCUT2D eigenvalue weighted by molar-refractivity contribution is 5.91. The molecule has 0 atom stereocenters. The van der Waals surface area contributed by atoms with Crippen molar-refractivity contribution in [1.29, 1.82) is 0 Å². The van der Waals surface area contributed by atoms with Crippen LogP contribution < -0.4 is 20.1 Å². The van der Waals surface area contributed by atoms with Crippen LogP contribution in [0.2, 0.25) is 0 Å². The molecule has 3 rings (SSSR count). The van der Waals surface area contributed by atoms with Gasteiger partial charge in [0.1, 0.15) is 5.82 Å². The van der Waals surface area contributed by atoms with Crippen LogP contribution in [-0.2, 0) is 16.0 Å². The quantitative estimate of drug-likeness (QED) is 0.727. The maximum absolute atomic E-state index is 12.2. The monoisotopic (exact) mass is 385 g/mol. The van der Waals surface area contributed by atoms with Gasteiger partial charge in [-0.05, 0) is 49.1 Å². The topological polar surface area (TPSA) is 81.7 Å². The van der Waals surface area contributed by atoms with Gasteiger partial charge in [0.15, 0.2) is 11.5 Å². The molecule has 0 spiro atoms. The molecular weight excluding hydrogens is 358 g/mol. The van der Waals surface area contributed by atoms with Crippen LogP contribution in [0.15, 0.2) is 36.5 Å². The van der Waals surface area contributed by atoms with E-state index in [2.05, 4.69) is 15.6 Å². The van der Waals surface area contributed by atoms with E-state index in [-0.39, 0.29) is 11.8 Å². The summed E-state index contributed by atoms with van der Waals surface area (Å²) in [7, 11) is 3.26. The fourth-order valence-electron chi connectivity index (χ4n) is 3.15. The minimum atomic E-state index is 0.00911. The van der Waals surface area contributed by atoms with Crippen molar-refractivity contribution in [2.75, 3.05) is 44.6 Å². The highest BCUT2D eigenvalue weighted by Crippen LogP contribution is 2.27. The van der Waals surface area contributed by atoms with Crippen molar-refractivity contribution in [3.63, 3.8) is 0 Å². The Bertz CT molecular complexity index is 774. The van der Waals surface area contributed by atoms with Gasteiger partial charge in [-0.1, -0.05) is 6.07 Å². The average Bonchev–Trinajstić information content (AvgIpc) is 2.75. The minimum Gasteiger partial charge on any atom is -0.493 e. The number of hydrogen-bond donors (Lipinski definition) is 2. The first-order chi connectivity index (χ1) is 13.7. The van der Waals surface area contributed by atoms with E-state index in [9.17, 15) is 4.79 Å². The second-order valence-electron chi connectivity index (χ2n) is 6.67. The van der Waals surface area contributed by atoms with E-state index in [1.807, 2.05) is 30.3 Å². The molecule has 0 saturated carbocycles. The summed E-state index contributed by atoms with van der Waals surface area (Å²) < 4.78 is 15.9. The van der Waals surface area contributed by atoms with Crippen LogP contribution in [0.3, 0.4) is 0 Å². The van der Waals surface area contributed by atoms with Gasteiger partial charge in [0.2, 0.25) is 5.91 Å². The summed E-state index contributed by atoms with van der Waals surface area (Å²) in [4.78, 5) is 16.6. The van der Waals surface area contributed by atoms with E-state index in [0.717, 1.165) is 48.6 Å². The first-order valence-corrected chi connectivity index (χ1v) is 9.49. The number of pyridine rings is 1. The van der Waals surface area contributed by atoms with E-state index in [1.165, 1.54) is 0 Å². The Balaban J connectivity index is 1.47. The molecule has 0 unspecified atom stereocenters. The molecule has 1 aliphatic heterocycles. The van der Waals surface area contributed by atoms with Gasteiger partial charge in [-0.15, -0.1) is 0 Å². The molecular formula is C21H27N3O4. The first kappa shape index (κ1) is 19.9. The lowest BCUT2D eigenvalue weighted by Gasteiger charge is -2.20. The number of amides is 1. The lowest BCUT2D eigenvalue weighted by Crippen LogP contribution is -2.28. The highest BCUT2D eigenvalue weighted by Gasteiger charge is 2.21. The summed E-state index contributed by atoms with van der Waals surface area (Å²) in [5.41, 5.74) is 2.06. The van der Waals surface area contributed by atoms with Gasteiger partial charge in [0.05, 0.1) is 26.1 Å². The Morgan fingerprint density at radius 1 is 1.14 bits per heavy atom. The third kappa shape index (κ3) is 5.36. The van der Waals surface area contributed by atoms with Gasteiger partial charge >= 0.3 is 0 Å². The number of rotatable bonds is 8. The predicted molar refractivity (Wildman–Crippen MR) is 108 cm³/mol. The molecule has 1 fully saturated rings. The van der Waals surface area contributed by atoms with Crippen LogP contribution in [0.25, 0.3) is 0 Å². The third-order valence-electron chi connectivity index (χ3n) is 4.80. The summed E-state index contributed by atoms with van der Waals surface area (Å²) in [5.74, 6) is 2.05. The van der Waals surface area contributed by atoms with E-state index < -0.39 is 0 Å². The minimum absolute atomic E-state index is 0.00911. The number of nitrogens with zero attached hydrogens (tertiary/aromatic N) is 1. The lowest BCUT2D eigenvalue weighted by molar-refractivity contribution is -0.122. The molecule has 7 nitrogen and oxygen atoms in total. The van der Waals surface area contributed by atoms with E-state index in [0.29, 0.717) is 19.0 Å². The molecule has 1 saturated heterocycles. The number of anilines is 2. The van der Waals surface area contributed by atoms with Crippen molar-refractivity contribution in [3.05, 3.63) is 42.1 Å². The number of nitrogens with one attached hydrogen (secondary N) is 2. The lowest BCUT2D eigenvalue weighted by atomic mass is 9.99. The molecule has 2 N–H and O–H groups in total. The van der Waals surface area contributed by atoms with Crippen LogP contribution in [0.5, 0.6) is 11.5 Å². The van der Waals surface area contributed by atoms with Crippen LogP contribution in [-0.4, -0.2) is 44.9 Å². The van der Waals surface area contributed by atoms with Crippen molar-refractivity contribution in [1.82, 2.24) is 4.98 Å². The molecule has 0 aliphatic carbocycles. The molecule has 28 heavy (non-hydrogen) atoms. The fraction of sp³-hybridized carbons (Fsp3) is 0.429. The van der Waals surface area contributed by atoms with E-state index >= 15 is 0 Å². The highest BCUT2D eigenvalue weighted by atomic mass is 16.5. The van der Waals surface area contributed by atoms with Crippen LogP contribution in [0.4, 0.5) is 11.5 Å². The third-order valence-corrected chi connectivity index (χ3v) is 4.80. The predicted octanol–water partition coefficient (Wildman–Crippen LogP) is 3.12. The molecule has 150 valence electrons. The van der Waals surface area contributed by atoms with Crippen molar-refractivity contribution in [2.24, 2.45) is 5.92 Å². The Hall–Kier alpha value is -2.80. The zero-order valence-electron chi connectivity index (χ0n) is 16.4. The molecule has 1 amide bonds. The summed E-state index contributed by atoms with van der Waals surface area (Å²) in [6.07, 6.45) is 4.10. The molecule has 2 aromatic rings. The zero-order valence-corrected chi connectivity index (χ0v) is 16.4. The Morgan fingerprint density at radius 3 is 2.61 bits per heavy atom. The maximum Gasteiger partial charge on any atom is 0.228 e. The van der Waals surface area contributed by atoms with E-state index in [4.69, 9.17) is 14.2 Å². The van der Waals surface area contributed by atoms with E-state index in [1.54, 1.807) is 20.4 Å². The molecule has 1 aliphatic rings. The van der Waals surface area contributed by atoms with Gasteiger partial charge < -0.3 is 24.8 Å². The smallest absolute Gasteiger partial charge is 0.228 e. The SMILES string of the molecule is COc1ccc(CCNc2ccc(NC(=O)C3CCOCC3)nc2)cc1OC. The maximum atomic E-state index is 12.2. The molecule has 1 aromatic heterocycles. The van der Waals surface area contributed by atoms with Gasteiger partial charge in [0.25, 0.3) is 0 Å². The summed E-state index contributed by atoms with van der Waals surface area (Å²) in [6, 6.07) is 9.65. The van der Waals surface area contributed by atoms with Crippen molar-refractivity contribution >= 4 is 17.4 Å². The Kier molecular flexibility index (Phi) is 7.08. The summed E-state index contributed by atoms with van der Waals surface area (Å²) in [6.45, 7) is 2.05. The van der Waals surface area contributed by atoms with Crippen LogP contribution >= 0.6 is 0 Å². The van der Waals surface area contributed by atoms with Crippen LogP contribution in [0, 0.1) is 5.92 Å². The molecule has 2 heterocycles. The summed E-state index contributed by atoms with van der Waals surface area (Å²) >= 11 is 0. The number of carbonyl (C=O) groups is 1. The normalized spacial score (nSPS) is 14.4. The van der Waals surface area contributed by atoms with Crippen molar-refractivity contribution in [2.45, 2.75) is 19.3 Å². The molecule has 0 radical (unpaired) electrons. The number of methoxy groups -OCH3 is 2. The average molecular weight is 385 g/mol. The first-order valence-electron chi connectivity index (χ1n) is 9.49. The van der Waals surface area contributed by atoms with Crippen molar-refractivity contribution in [3.8, 4) is 11.5 Å². The number of carbonyl (C=O) groups excluding carboxylic acids is 1. The number of aromatic nitrogens is 1. The zero-order chi connectivity index (χ0) is 19.8. The van der Waals surface area contributed by atoms with Gasteiger partial charge in [-0.2, -0.15) is 0 Å². The van der Waals surface area contributed by atoms with Gasteiger partial charge in [-0.3, -0.25) is 4.79 Å². The standard InChI is InChI=1S/C21H27N3O4/c1-26-18-5-3-15(13-19(18)27-2)7-10-22-17-4-6-20(23-14-17)24-21(25)16-8-11-28-12-9-16/h3-6,13-14,16,22H,7-12H2,1-2H3,(H,23,24,25). The number of hydrogen-bond acceptors (Lipinski definition) is 6. The Morgan fingerprint density at radius 2 is 1.93 bits per heavy atom. The molecule has 7 heteroatoms. The second kappa shape index (κ2) is 9.94. The number of benzene rings is 1. The molecule has 1 aromatic carbocycles. The second-order valence-corrected chi connectivity index (χ2v) is 6.67. The fourth-order valence-corrected chi connectivity index (χ4v) is 3.15.